The molecular formula is C33H63N3O4. The standard InChI is InChI=1S/C33H63N3O4/c1-23(8-4-16-37)26-9-10-27-31-28(22-30(33(26,27)3)40-19-7-15-36)32(2)12-11-25(38-17-5-13-34)20-24(32)21-29(31)39-18-6-14-35/h23-31,37H,4-22,34-36H2,1-3H3/t23-,24?,25-,26?,27?,28?,29?,30+,31?,32?,33?/m1/s1. The van der Waals surface area contributed by atoms with E-state index in [1.165, 1.54) is 19.3 Å². The number of fused-ring (bicyclic) bond motifs is 5. The monoisotopic (exact) mass is 565 g/mol. The lowest BCUT2D eigenvalue weighted by molar-refractivity contribution is -0.227. The van der Waals surface area contributed by atoms with Crippen molar-refractivity contribution < 1.29 is 19.3 Å². The maximum atomic E-state index is 9.58. The molecule has 4 fully saturated rings. The highest BCUT2D eigenvalue weighted by Gasteiger charge is 2.66. The van der Waals surface area contributed by atoms with E-state index in [0.717, 1.165) is 77.6 Å². The number of aliphatic hydroxyl groups is 1. The zero-order valence-electron chi connectivity index (χ0n) is 26.0. The molecule has 11 atom stereocenters. The van der Waals surface area contributed by atoms with Crippen LogP contribution in [0.4, 0.5) is 0 Å². The van der Waals surface area contributed by atoms with Crippen LogP contribution in [0.15, 0.2) is 0 Å². The third kappa shape index (κ3) is 6.61. The number of rotatable bonds is 16. The van der Waals surface area contributed by atoms with Crippen molar-refractivity contribution in [1.29, 1.82) is 0 Å². The molecule has 40 heavy (non-hydrogen) atoms. The summed E-state index contributed by atoms with van der Waals surface area (Å²) in [6.07, 6.45) is 14.0. The zero-order valence-corrected chi connectivity index (χ0v) is 26.0. The lowest BCUT2D eigenvalue weighted by Gasteiger charge is -2.65. The molecule has 0 bridgehead atoms. The van der Waals surface area contributed by atoms with E-state index in [0.29, 0.717) is 72.8 Å². The molecule has 4 aliphatic rings. The van der Waals surface area contributed by atoms with E-state index >= 15 is 0 Å². The second kappa shape index (κ2) is 14.9. The Bertz CT molecular complexity index is 757. The van der Waals surface area contributed by atoms with Crippen LogP contribution in [0.2, 0.25) is 0 Å². The van der Waals surface area contributed by atoms with Crippen molar-refractivity contribution in [3.05, 3.63) is 0 Å². The van der Waals surface area contributed by atoms with Gasteiger partial charge in [-0.05, 0) is 138 Å². The summed E-state index contributed by atoms with van der Waals surface area (Å²) in [6, 6.07) is 0. The Kier molecular flexibility index (Phi) is 12.2. The fraction of sp³-hybridized carbons (Fsp3) is 1.00. The van der Waals surface area contributed by atoms with Crippen molar-refractivity contribution in [1.82, 2.24) is 0 Å². The van der Waals surface area contributed by atoms with Crippen LogP contribution in [0.25, 0.3) is 0 Å². The number of ether oxygens (including phenoxy) is 3. The average molecular weight is 566 g/mol. The van der Waals surface area contributed by atoms with Crippen LogP contribution in [0.5, 0.6) is 0 Å². The summed E-state index contributed by atoms with van der Waals surface area (Å²) in [4.78, 5) is 0. The molecule has 7 N–H and O–H groups in total. The molecule has 8 unspecified atom stereocenters. The number of hydrogen-bond donors (Lipinski definition) is 4. The minimum Gasteiger partial charge on any atom is -0.396 e. The highest BCUT2D eigenvalue weighted by molar-refractivity contribution is 5.15. The van der Waals surface area contributed by atoms with Crippen molar-refractivity contribution in [2.45, 2.75) is 116 Å². The van der Waals surface area contributed by atoms with Gasteiger partial charge in [0.1, 0.15) is 0 Å². The first-order valence-electron chi connectivity index (χ1n) is 16.9. The first-order chi connectivity index (χ1) is 19.3. The van der Waals surface area contributed by atoms with Gasteiger partial charge in [-0.3, -0.25) is 0 Å². The molecule has 4 saturated carbocycles. The first-order valence-corrected chi connectivity index (χ1v) is 16.9. The lowest BCUT2D eigenvalue weighted by Crippen LogP contribution is -2.63. The molecule has 7 nitrogen and oxygen atoms in total. The quantitative estimate of drug-likeness (QED) is 0.203. The Balaban J connectivity index is 1.64. The van der Waals surface area contributed by atoms with Gasteiger partial charge in [0.15, 0.2) is 0 Å². The average Bonchev–Trinajstić information content (AvgIpc) is 3.31. The van der Waals surface area contributed by atoms with Gasteiger partial charge in [0.2, 0.25) is 0 Å². The van der Waals surface area contributed by atoms with Gasteiger partial charge in [-0.2, -0.15) is 0 Å². The van der Waals surface area contributed by atoms with E-state index in [1.807, 2.05) is 0 Å². The maximum Gasteiger partial charge on any atom is 0.0637 e. The van der Waals surface area contributed by atoms with E-state index < -0.39 is 0 Å². The fourth-order valence-corrected chi connectivity index (χ4v) is 10.2. The summed E-state index contributed by atoms with van der Waals surface area (Å²) in [5, 5.41) is 9.58. The molecule has 234 valence electrons. The molecule has 0 radical (unpaired) electrons. The van der Waals surface area contributed by atoms with Crippen molar-refractivity contribution >= 4 is 0 Å². The van der Waals surface area contributed by atoms with E-state index in [4.69, 9.17) is 31.4 Å². The highest BCUT2D eigenvalue weighted by Crippen LogP contribution is 2.69. The summed E-state index contributed by atoms with van der Waals surface area (Å²) < 4.78 is 20.1. The van der Waals surface area contributed by atoms with E-state index in [1.54, 1.807) is 0 Å². The Hall–Kier alpha value is -0.280. The molecule has 4 aliphatic carbocycles. The van der Waals surface area contributed by atoms with Crippen LogP contribution < -0.4 is 17.2 Å². The second-order valence-corrected chi connectivity index (χ2v) is 14.3. The first kappa shape index (κ1) is 32.6. The van der Waals surface area contributed by atoms with Crippen LogP contribution in [0, 0.1) is 46.3 Å². The topological polar surface area (TPSA) is 126 Å². The minimum atomic E-state index is 0.131. The SMILES string of the molecule is C[C@H](CCCO)C1CCC2C3C(OCCCN)CC4C[C@H](OCCCN)CCC4(C)C3C[C@H](OCCCN)C21C. The molecule has 0 aromatic heterocycles. The molecule has 0 amide bonds. The number of nitrogens with two attached hydrogens (primary N) is 3. The maximum absolute atomic E-state index is 9.58. The molecule has 4 rings (SSSR count). The molecule has 0 saturated heterocycles. The number of aliphatic hydroxyl groups excluding tert-OH is 1. The molecule has 0 heterocycles. The van der Waals surface area contributed by atoms with Crippen molar-refractivity contribution in [2.75, 3.05) is 46.1 Å². The van der Waals surface area contributed by atoms with E-state index in [9.17, 15) is 5.11 Å². The van der Waals surface area contributed by atoms with Crippen LogP contribution >= 0.6 is 0 Å². The summed E-state index contributed by atoms with van der Waals surface area (Å²) in [5.74, 6) is 3.60. The summed E-state index contributed by atoms with van der Waals surface area (Å²) in [6.45, 7) is 12.2. The third-order valence-corrected chi connectivity index (χ3v) is 12.3. The summed E-state index contributed by atoms with van der Waals surface area (Å²) >= 11 is 0. The molecule has 0 aliphatic heterocycles. The van der Waals surface area contributed by atoms with Crippen molar-refractivity contribution in [3.8, 4) is 0 Å². The normalized spacial score (nSPS) is 41.8. The lowest BCUT2D eigenvalue weighted by atomic mass is 9.43. The molecular weight excluding hydrogens is 502 g/mol. The van der Waals surface area contributed by atoms with Crippen LogP contribution in [0.3, 0.4) is 0 Å². The molecule has 0 aromatic rings. The van der Waals surface area contributed by atoms with E-state index in [2.05, 4.69) is 20.8 Å². The van der Waals surface area contributed by atoms with Gasteiger partial charge in [-0.15, -0.1) is 0 Å². The van der Waals surface area contributed by atoms with Gasteiger partial charge in [0.25, 0.3) is 0 Å². The second-order valence-electron chi connectivity index (χ2n) is 14.3. The Morgan fingerprint density at radius 3 is 2.15 bits per heavy atom. The molecule has 0 spiro atoms. The van der Waals surface area contributed by atoms with Crippen LogP contribution in [-0.4, -0.2) is 69.5 Å². The summed E-state index contributed by atoms with van der Waals surface area (Å²) in [5.41, 5.74) is 18.0. The van der Waals surface area contributed by atoms with Crippen LogP contribution in [-0.2, 0) is 14.2 Å². The van der Waals surface area contributed by atoms with Crippen molar-refractivity contribution in [2.24, 2.45) is 63.5 Å². The molecule has 0 aromatic carbocycles. The Morgan fingerprint density at radius 2 is 1.48 bits per heavy atom. The third-order valence-electron chi connectivity index (χ3n) is 12.3. The Morgan fingerprint density at radius 1 is 0.800 bits per heavy atom. The molecule has 7 heteroatoms. The zero-order chi connectivity index (χ0) is 28.8. The van der Waals surface area contributed by atoms with Crippen LogP contribution in [0.1, 0.15) is 97.8 Å². The smallest absolute Gasteiger partial charge is 0.0637 e. The van der Waals surface area contributed by atoms with Gasteiger partial charge in [0.05, 0.1) is 18.3 Å². The minimum absolute atomic E-state index is 0.131. The van der Waals surface area contributed by atoms with Gasteiger partial charge >= 0.3 is 0 Å². The summed E-state index contributed by atoms with van der Waals surface area (Å²) in [7, 11) is 0. The van der Waals surface area contributed by atoms with Gasteiger partial charge < -0.3 is 36.5 Å². The highest BCUT2D eigenvalue weighted by atomic mass is 16.5. The van der Waals surface area contributed by atoms with Gasteiger partial charge in [-0.25, -0.2) is 0 Å². The number of hydrogen-bond acceptors (Lipinski definition) is 7. The predicted octanol–water partition coefficient (Wildman–Crippen LogP) is 4.48. The van der Waals surface area contributed by atoms with Gasteiger partial charge in [-0.1, -0.05) is 20.8 Å². The largest absolute Gasteiger partial charge is 0.396 e. The predicted molar refractivity (Wildman–Crippen MR) is 162 cm³/mol. The fourth-order valence-electron chi connectivity index (χ4n) is 10.2. The van der Waals surface area contributed by atoms with E-state index in [-0.39, 0.29) is 18.1 Å². The van der Waals surface area contributed by atoms with Gasteiger partial charge in [0, 0.05) is 31.8 Å². The Labute approximate surface area is 245 Å². The van der Waals surface area contributed by atoms with Crippen molar-refractivity contribution in [3.63, 3.8) is 0 Å².